The van der Waals surface area contributed by atoms with Crippen LogP contribution < -0.4 is 70.1 Å². The number of hydrogen-bond acceptors (Lipinski definition) is 17. The first-order chi connectivity index (χ1) is 43.4. The van der Waals surface area contributed by atoms with Gasteiger partial charge >= 0.3 is 25.0 Å². The van der Waals surface area contributed by atoms with Gasteiger partial charge in [0.25, 0.3) is 5.91 Å². The SMILES string of the molecule is CC(C)C[C@H](NC(=O)[C@H](CCCCN)NC(=O)[C@@H](NC(=O)[C@H](CCCCN)NC(=O)[C@@H](NC(=O)[C@H](CC(C)C)NC(=O)[C@H](CCC(=O)O)NC(=O)[C@H](CC(C)C)NC(=O)[C@H](CCC(=O)O)NC(=O)[C@@H](NC(=O)c1ccc(B(O)O)cc1)C(C)C)C(C)C)C(C)C)C(=O)O. The Morgan fingerprint density at radius 2 is 0.645 bits per heavy atom. The third-order valence-electron chi connectivity index (χ3n) is 14.9. The average molecular weight is 1320 g/mol. The molecule has 19 N–H and O–H groups in total. The highest BCUT2D eigenvalue weighted by atomic mass is 16.4. The van der Waals surface area contributed by atoms with E-state index in [0.717, 1.165) is 0 Å². The Morgan fingerprint density at radius 3 is 0.957 bits per heavy atom. The van der Waals surface area contributed by atoms with Crippen molar-refractivity contribution in [1.29, 1.82) is 0 Å². The van der Waals surface area contributed by atoms with Crippen LogP contribution in [0.1, 0.15) is 177 Å². The van der Waals surface area contributed by atoms with E-state index >= 15 is 0 Å². The Kier molecular flexibility index (Phi) is 38.0. The fourth-order valence-electron chi connectivity index (χ4n) is 9.71. The van der Waals surface area contributed by atoms with Crippen molar-refractivity contribution < 1.29 is 87.7 Å². The minimum absolute atomic E-state index is 0.0217. The predicted octanol–water partition coefficient (Wildman–Crippen LogP) is -0.994. The third kappa shape index (κ3) is 31.6. The molecule has 1 aromatic carbocycles. The Balaban J connectivity index is 3.57. The van der Waals surface area contributed by atoms with E-state index in [1.165, 1.54) is 24.3 Å². The summed E-state index contributed by atoms with van der Waals surface area (Å²) in [6.07, 6.45) is -0.587. The number of carboxylic acid groups (broad SMARTS) is 3. The molecule has 0 radical (unpaired) electrons. The van der Waals surface area contributed by atoms with Gasteiger partial charge in [0, 0.05) is 18.4 Å². The number of amides is 10. The van der Waals surface area contributed by atoms with Crippen LogP contribution in [-0.2, 0) is 57.5 Å². The van der Waals surface area contributed by atoms with E-state index in [1.54, 1.807) is 83.1 Å². The van der Waals surface area contributed by atoms with Crippen molar-refractivity contribution in [2.45, 2.75) is 227 Å². The van der Waals surface area contributed by atoms with E-state index in [9.17, 15) is 87.7 Å². The molecular formula is C62H105BN12O18. The summed E-state index contributed by atoms with van der Waals surface area (Å²) >= 11 is 0. The van der Waals surface area contributed by atoms with E-state index in [4.69, 9.17) is 11.5 Å². The minimum atomic E-state index is -1.80. The number of hydrogen-bond donors (Lipinski definition) is 17. The zero-order chi connectivity index (χ0) is 71.0. The summed E-state index contributed by atoms with van der Waals surface area (Å²) < 4.78 is 0. The topological polar surface area (TPSA) is 495 Å². The fraction of sp³-hybridized carbons (Fsp3) is 0.694. The van der Waals surface area contributed by atoms with Crippen LogP contribution in [-0.4, -0.2) is 183 Å². The number of nitrogens with two attached hydrogens (primary N) is 2. The number of carbonyl (C=O) groups excluding carboxylic acids is 10. The summed E-state index contributed by atoms with van der Waals surface area (Å²) in [5.41, 5.74) is 11.6. The van der Waals surface area contributed by atoms with Crippen LogP contribution in [0.15, 0.2) is 24.3 Å². The molecule has 1 aromatic rings. The van der Waals surface area contributed by atoms with E-state index in [2.05, 4.69) is 53.2 Å². The summed E-state index contributed by atoms with van der Waals surface area (Å²) in [4.78, 5) is 176. The lowest BCUT2D eigenvalue weighted by molar-refractivity contribution is -0.143. The van der Waals surface area contributed by atoms with Gasteiger partial charge in [-0.15, -0.1) is 0 Å². The molecule has 0 heterocycles. The molecule has 0 fully saturated rings. The number of rotatable bonds is 45. The highest BCUT2D eigenvalue weighted by molar-refractivity contribution is 6.58. The van der Waals surface area contributed by atoms with Crippen molar-refractivity contribution in [3.05, 3.63) is 29.8 Å². The summed E-state index contributed by atoms with van der Waals surface area (Å²) in [6, 6.07) is -8.72. The largest absolute Gasteiger partial charge is 0.488 e. The van der Waals surface area contributed by atoms with Crippen molar-refractivity contribution in [1.82, 2.24) is 53.2 Å². The molecule has 0 saturated carbocycles. The number of benzene rings is 1. The smallest absolute Gasteiger partial charge is 0.481 e. The second-order valence-electron chi connectivity index (χ2n) is 25.7. The maximum absolute atomic E-state index is 14.4. The molecule has 0 unspecified atom stereocenters. The van der Waals surface area contributed by atoms with Gasteiger partial charge in [0.1, 0.15) is 60.4 Å². The first-order valence-corrected chi connectivity index (χ1v) is 32.0. The zero-order valence-electron chi connectivity index (χ0n) is 55.9. The summed E-state index contributed by atoms with van der Waals surface area (Å²) in [5.74, 6) is -15.2. The van der Waals surface area contributed by atoms with Crippen molar-refractivity contribution in [2.24, 2.45) is 47.0 Å². The maximum atomic E-state index is 14.4. The lowest BCUT2D eigenvalue weighted by Crippen LogP contribution is -2.61. The Bertz CT molecular complexity index is 2640. The summed E-state index contributed by atoms with van der Waals surface area (Å²) in [6.45, 7) is 20.7. The van der Waals surface area contributed by atoms with Crippen molar-refractivity contribution >= 4 is 89.6 Å². The number of carbonyl (C=O) groups is 13. The molecule has 1 rings (SSSR count). The van der Waals surface area contributed by atoms with Crippen LogP contribution in [0.4, 0.5) is 0 Å². The van der Waals surface area contributed by atoms with Crippen LogP contribution >= 0.6 is 0 Å². The molecule has 31 heteroatoms. The molecule has 0 aromatic heterocycles. The van der Waals surface area contributed by atoms with Gasteiger partial charge in [-0.2, -0.15) is 0 Å². The second-order valence-corrected chi connectivity index (χ2v) is 25.7. The predicted molar refractivity (Wildman–Crippen MR) is 345 cm³/mol. The highest BCUT2D eigenvalue weighted by Crippen LogP contribution is 2.16. The van der Waals surface area contributed by atoms with Crippen molar-refractivity contribution in [2.75, 3.05) is 13.1 Å². The molecule has 0 saturated heterocycles. The van der Waals surface area contributed by atoms with Gasteiger partial charge in [0.05, 0.1) is 0 Å². The van der Waals surface area contributed by atoms with Gasteiger partial charge in [-0.1, -0.05) is 95.2 Å². The Labute approximate surface area is 545 Å². The maximum Gasteiger partial charge on any atom is 0.488 e. The van der Waals surface area contributed by atoms with E-state index in [0.29, 0.717) is 32.2 Å². The van der Waals surface area contributed by atoms with Gasteiger partial charge in [-0.05, 0) is 137 Å². The van der Waals surface area contributed by atoms with Crippen LogP contribution in [0, 0.1) is 35.5 Å². The third-order valence-corrected chi connectivity index (χ3v) is 14.9. The van der Waals surface area contributed by atoms with Gasteiger partial charge < -0.3 is 90.0 Å². The van der Waals surface area contributed by atoms with Gasteiger partial charge in [0.15, 0.2) is 0 Å². The molecule has 524 valence electrons. The molecule has 0 aliphatic carbocycles. The van der Waals surface area contributed by atoms with Crippen molar-refractivity contribution in [3.8, 4) is 0 Å². The van der Waals surface area contributed by atoms with E-state index < -0.39 is 188 Å². The standard InChI is InChI=1S/C62H105BN12O18/c1-32(2)29-44(70-55(83)43(24-26-48(78)79)69-59(87)49(35(7)8)73-52(80)38-19-21-39(22-20-38)63(92)93)57(85)66-42(23-25-47(76)77)54(82)71-45(30-33(3)4)58(86)75-51(37(11)12)61(89)68-41(18-14-16-28-65)56(84)74-50(36(9)10)60(88)67-40(17-13-15-27-64)53(81)72-46(62(90)91)31-34(5)6/h19-22,32-37,40-46,49-51,92-93H,13-18,23-31,64-65H2,1-12H3,(H,66,85)(H,67,88)(H,68,89)(H,69,87)(H,70,83)(H,71,82)(H,72,81)(H,73,80)(H,74,84)(H,75,86)(H,76,77)(H,78,79)(H,90,91)/t40-,41-,42-,43-,44-,45-,46-,49-,50-,51-/m0/s1. The van der Waals surface area contributed by atoms with E-state index in [-0.39, 0.29) is 67.4 Å². The molecular weight excluding hydrogens is 1210 g/mol. The number of nitrogens with one attached hydrogen (secondary N) is 10. The molecule has 0 spiro atoms. The summed E-state index contributed by atoms with van der Waals surface area (Å²) in [7, 11) is -1.80. The monoisotopic (exact) mass is 1320 g/mol. The van der Waals surface area contributed by atoms with Crippen LogP contribution in [0.5, 0.6) is 0 Å². The van der Waals surface area contributed by atoms with Crippen LogP contribution in [0.3, 0.4) is 0 Å². The number of carboxylic acids is 3. The second kappa shape index (κ2) is 42.5. The van der Waals surface area contributed by atoms with Crippen molar-refractivity contribution in [3.63, 3.8) is 0 Å². The zero-order valence-corrected chi connectivity index (χ0v) is 55.9. The van der Waals surface area contributed by atoms with Crippen LogP contribution in [0.25, 0.3) is 0 Å². The summed E-state index contributed by atoms with van der Waals surface area (Å²) in [5, 5.41) is 74.0. The molecule has 30 nitrogen and oxygen atoms in total. The first kappa shape index (κ1) is 83.2. The highest BCUT2D eigenvalue weighted by Gasteiger charge is 2.38. The molecule has 10 amide bonds. The Morgan fingerprint density at radius 1 is 0.366 bits per heavy atom. The fourth-order valence-corrected chi connectivity index (χ4v) is 9.71. The van der Waals surface area contributed by atoms with Gasteiger partial charge in [0.2, 0.25) is 53.2 Å². The molecule has 10 atom stereocenters. The lowest BCUT2D eigenvalue weighted by Gasteiger charge is -2.30. The molecule has 0 aliphatic rings. The van der Waals surface area contributed by atoms with Gasteiger partial charge in [-0.25, -0.2) is 4.79 Å². The minimum Gasteiger partial charge on any atom is -0.481 e. The average Bonchev–Trinajstić information content (AvgIpc) is 0.963. The first-order valence-electron chi connectivity index (χ1n) is 32.0. The molecule has 93 heavy (non-hydrogen) atoms. The van der Waals surface area contributed by atoms with Crippen LogP contribution in [0.2, 0.25) is 0 Å². The number of aliphatic carboxylic acids is 3. The van der Waals surface area contributed by atoms with Gasteiger partial charge in [-0.3, -0.25) is 57.5 Å². The Hall–Kier alpha value is -7.77. The molecule has 0 aliphatic heterocycles. The normalized spacial score (nSPS) is 14.6. The number of unbranched alkanes of at least 4 members (excludes halogenated alkanes) is 2. The quantitative estimate of drug-likeness (QED) is 0.0275. The van der Waals surface area contributed by atoms with E-state index in [1.807, 2.05) is 0 Å². The molecule has 0 bridgehead atoms. The lowest BCUT2D eigenvalue weighted by atomic mass is 9.80.